The molecule has 31 heavy (non-hydrogen) atoms. The normalized spacial score (nSPS) is 11.0. The second-order valence-corrected chi connectivity index (χ2v) is 8.12. The van der Waals surface area contributed by atoms with E-state index in [4.69, 9.17) is 5.11 Å². The average Bonchev–Trinajstić information content (AvgIpc) is 3.24. The Labute approximate surface area is 182 Å². The van der Waals surface area contributed by atoms with Crippen LogP contribution < -0.4 is 4.90 Å². The number of benzene rings is 3. The van der Waals surface area contributed by atoms with Crippen LogP contribution in [0.3, 0.4) is 0 Å². The fraction of sp³-hybridized carbons (Fsp3) is 0.231. The molecule has 0 atom stereocenters. The lowest BCUT2D eigenvalue weighted by atomic mass is 9.92. The molecule has 0 amide bonds. The van der Waals surface area contributed by atoms with Crippen molar-refractivity contribution in [3.8, 4) is 11.1 Å². The van der Waals surface area contributed by atoms with Gasteiger partial charge in [0.25, 0.3) is 0 Å². The summed E-state index contributed by atoms with van der Waals surface area (Å²) < 4.78 is 0. The summed E-state index contributed by atoms with van der Waals surface area (Å²) in [5.74, 6) is -0.772. The molecule has 5 heteroatoms. The second kappa shape index (κ2) is 9.04. The predicted molar refractivity (Wildman–Crippen MR) is 126 cm³/mol. The number of carbonyl (C=O) groups is 1. The number of nitrogens with zero attached hydrogens (tertiary/aromatic N) is 2. The van der Waals surface area contributed by atoms with E-state index in [9.17, 15) is 4.79 Å². The van der Waals surface area contributed by atoms with Crippen LogP contribution in [-0.4, -0.2) is 35.4 Å². The first kappa shape index (κ1) is 20.7. The number of hydrogen-bond donors (Lipinski definition) is 2. The zero-order valence-corrected chi connectivity index (χ0v) is 17.9. The van der Waals surface area contributed by atoms with Gasteiger partial charge in [-0.15, -0.1) is 0 Å². The topological polar surface area (TPSA) is 69.2 Å². The molecule has 5 nitrogen and oxygen atoms in total. The van der Waals surface area contributed by atoms with E-state index in [1.54, 1.807) is 0 Å². The molecule has 3 aromatic carbocycles. The highest BCUT2D eigenvalue weighted by atomic mass is 16.4. The van der Waals surface area contributed by atoms with Crippen LogP contribution in [0.5, 0.6) is 0 Å². The summed E-state index contributed by atoms with van der Waals surface area (Å²) in [6.45, 7) is 0. The van der Waals surface area contributed by atoms with Crippen molar-refractivity contribution in [1.82, 2.24) is 10.2 Å². The minimum atomic E-state index is -0.772. The molecule has 0 unspecified atom stereocenters. The highest BCUT2D eigenvalue weighted by Crippen LogP contribution is 2.29. The van der Waals surface area contributed by atoms with E-state index in [0.29, 0.717) is 6.42 Å². The van der Waals surface area contributed by atoms with Crippen LogP contribution in [0.2, 0.25) is 0 Å². The molecular formula is C26H27N3O2. The molecule has 0 aliphatic heterocycles. The Morgan fingerprint density at radius 3 is 2.45 bits per heavy atom. The lowest BCUT2D eigenvalue weighted by Gasteiger charge is -2.14. The third kappa shape index (κ3) is 4.94. The average molecular weight is 414 g/mol. The molecule has 158 valence electrons. The van der Waals surface area contributed by atoms with Gasteiger partial charge in [-0.05, 0) is 71.3 Å². The fourth-order valence-corrected chi connectivity index (χ4v) is 3.87. The van der Waals surface area contributed by atoms with E-state index in [1.807, 2.05) is 26.4 Å². The second-order valence-electron chi connectivity index (χ2n) is 8.12. The summed E-state index contributed by atoms with van der Waals surface area (Å²) >= 11 is 0. The van der Waals surface area contributed by atoms with Crippen molar-refractivity contribution in [2.75, 3.05) is 19.0 Å². The Balaban J connectivity index is 1.62. The van der Waals surface area contributed by atoms with Gasteiger partial charge in [-0.1, -0.05) is 36.4 Å². The Morgan fingerprint density at radius 2 is 1.71 bits per heavy atom. The van der Waals surface area contributed by atoms with Crippen molar-refractivity contribution in [3.63, 3.8) is 0 Å². The number of rotatable bonds is 8. The molecule has 0 aliphatic rings. The van der Waals surface area contributed by atoms with E-state index in [2.05, 4.69) is 69.7 Å². The quantitative estimate of drug-likeness (QED) is 0.422. The van der Waals surface area contributed by atoms with Gasteiger partial charge in [0.1, 0.15) is 0 Å². The number of aromatic amines is 1. The van der Waals surface area contributed by atoms with Gasteiger partial charge in [0.05, 0.1) is 11.7 Å². The maximum absolute atomic E-state index is 11.0. The Kier molecular flexibility index (Phi) is 6.03. The predicted octanol–water partition coefficient (Wildman–Crippen LogP) is 5.10. The Bertz CT molecular complexity index is 1190. The van der Waals surface area contributed by atoms with Crippen LogP contribution in [0.1, 0.15) is 23.1 Å². The van der Waals surface area contributed by atoms with Crippen LogP contribution in [-0.2, 0) is 24.1 Å². The number of carboxylic acids is 1. The summed E-state index contributed by atoms with van der Waals surface area (Å²) in [5, 5.41) is 17.3. The van der Waals surface area contributed by atoms with E-state index >= 15 is 0 Å². The molecule has 2 N–H and O–H groups in total. The minimum Gasteiger partial charge on any atom is -0.481 e. The van der Waals surface area contributed by atoms with E-state index in [1.165, 1.54) is 16.8 Å². The lowest BCUT2D eigenvalue weighted by molar-refractivity contribution is -0.136. The first-order chi connectivity index (χ1) is 15.0. The molecule has 1 heterocycles. The van der Waals surface area contributed by atoms with Gasteiger partial charge in [0.15, 0.2) is 0 Å². The third-order valence-electron chi connectivity index (χ3n) is 5.69. The molecule has 0 bridgehead atoms. The van der Waals surface area contributed by atoms with Crippen molar-refractivity contribution in [1.29, 1.82) is 0 Å². The van der Waals surface area contributed by atoms with Crippen LogP contribution in [0, 0.1) is 0 Å². The number of nitrogens with one attached hydrogen (secondary N) is 1. The molecule has 0 spiro atoms. The number of aliphatic carboxylic acids is 1. The van der Waals surface area contributed by atoms with Gasteiger partial charge in [-0.25, -0.2) is 0 Å². The van der Waals surface area contributed by atoms with Crippen molar-refractivity contribution in [2.45, 2.75) is 25.7 Å². The zero-order valence-electron chi connectivity index (χ0n) is 17.9. The minimum absolute atomic E-state index is 0.137. The Morgan fingerprint density at radius 1 is 0.935 bits per heavy atom. The van der Waals surface area contributed by atoms with Crippen LogP contribution in [0.15, 0.2) is 66.9 Å². The molecule has 1 aromatic heterocycles. The molecule has 0 radical (unpaired) electrons. The van der Waals surface area contributed by atoms with Crippen molar-refractivity contribution in [3.05, 3.63) is 83.6 Å². The number of H-pyrrole nitrogens is 1. The third-order valence-corrected chi connectivity index (χ3v) is 5.69. The smallest absolute Gasteiger partial charge is 0.303 e. The van der Waals surface area contributed by atoms with Gasteiger partial charge in [0, 0.05) is 31.6 Å². The number of hydrogen-bond acceptors (Lipinski definition) is 3. The first-order valence-corrected chi connectivity index (χ1v) is 10.5. The number of aryl methyl sites for hydroxylation is 3. The molecule has 0 saturated carbocycles. The Hall–Kier alpha value is -3.60. The van der Waals surface area contributed by atoms with Gasteiger partial charge in [0.2, 0.25) is 0 Å². The number of carboxylic acid groups (broad SMARTS) is 1. The highest BCUT2D eigenvalue weighted by Gasteiger charge is 2.10. The van der Waals surface area contributed by atoms with Gasteiger partial charge >= 0.3 is 5.97 Å². The molecule has 4 rings (SSSR count). The largest absolute Gasteiger partial charge is 0.481 e. The van der Waals surface area contributed by atoms with Crippen molar-refractivity contribution in [2.24, 2.45) is 0 Å². The van der Waals surface area contributed by atoms with Gasteiger partial charge in [-0.2, -0.15) is 5.10 Å². The van der Waals surface area contributed by atoms with Crippen molar-refractivity contribution < 1.29 is 9.90 Å². The summed E-state index contributed by atoms with van der Waals surface area (Å²) in [5.41, 5.74) is 8.10. The molecule has 0 fully saturated rings. The standard InChI is InChI=1S/C26H27N3O2/c1-29(2)23-11-5-18(6-12-23)3-8-20-9-4-19(7-14-26(30)31)15-24(20)21-10-13-25-22(16-21)17-27-28-25/h4-6,9-13,15-17H,3,7-8,14H2,1-2H3,(H,27,28)(H,30,31). The van der Waals surface area contributed by atoms with Gasteiger partial charge in [-0.3, -0.25) is 9.89 Å². The summed E-state index contributed by atoms with van der Waals surface area (Å²) in [7, 11) is 4.09. The maximum atomic E-state index is 11.0. The molecule has 4 aromatic rings. The number of anilines is 1. The lowest BCUT2D eigenvalue weighted by Crippen LogP contribution is -2.08. The monoisotopic (exact) mass is 413 g/mol. The van der Waals surface area contributed by atoms with Crippen LogP contribution >= 0.6 is 0 Å². The molecule has 0 aliphatic carbocycles. The van der Waals surface area contributed by atoms with E-state index < -0.39 is 5.97 Å². The highest BCUT2D eigenvalue weighted by molar-refractivity contribution is 5.85. The summed E-state index contributed by atoms with van der Waals surface area (Å²) in [4.78, 5) is 13.1. The van der Waals surface area contributed by atoms with Crippen LogP contribution in [0.25, 0.3) is 22.0 Å². The molecular weight excluding hydrogens is 386 g/mol. The summed E-state index contributed by atoms with van der Waals surface area (Å²) in [6, 6.07) is 21.3. The van der Waals surface area contributed by atoms with E-state index in [-0.39, 0.29) is 6.42 Å². The summed E-state index contributed by atoms with van der Waals surface area (Å²) in [6.07, 6.45) is 4.36. The maximum Gasteiger partial charge on any atom is 0.303 e. The molecule has 0 saturated heterocycles. The SMILES string of the molecule is CN(C)c1ccc(CCc2ccc(CCC(=O)O)cc2-c2ccc3[nH]ncc3c2)cc1. The van der Waals surface area contributed by atoms with E-state index in [0.717, 1.165) is 40.4 Å². The van der Waals surface area contributed by atoms with Crippen LogP contribution in [0.4, 0.5) is 5.69 Å². The van der Waals surface area contributed by atoms with Crippen molar-refractivity contribution >= 4 is 22.6 Å². The number of aromatic nitrogens is 2. The first-order valence-electron chi connectivity index (χ1n) is 10.5. The fourth-order valence-electron chi connectivity index (χ4n) is 3.87. The number of fused-ring (bicyclic) bond motifs is 1. The zero-order chi connectivity index (χ0) is 21.8. The van der Waals surface area contributed by atoms with Gasteiger partial charge < -0.3 is 10.0 Å².